The number of phenolic OH excluding ortho intramolecular Hbond substituents is 1. The highest BCUT2D eigenvalue weighted by atomic mass is 16.5. The van der Waals surface area contributed by atoms with Crippen LogP contribution in [-0.2, 0) is 0 Å². The van der Waals surface area contributed by atoms with Crippen molar-refractivity contribution in [2.45, 2.75) is 6.92 Å². The largest absolute Gasteiger partial charge is 0.507 e. The summed E-state index contributed by atoms with van der Waals surface area (Å²) < 4.78 is 5.45. The molecule has 0 aliphatic carbocycles. The molecule has 0 unspecified atom stereocenters. The van der Waals surface area contributed by atoms with E-state index < -0.39 is 0 Å². The zero-order valence-corrected chi connectivity index (χ0v) is 13.1. The van der Waals surface area contributed by atoms with Gasteiger partial charge in [-0.2, -0.15) is 5.10 Å². The topological polar surface area (TPSA) is 86.7 Å². The summed E-state index contributed by atoms with van der Waals surface area (Å²) in [7, 11) is 0. The van der Waals surface area contributed by atoms with Gasteiger partial charge in [-0.05, 0) is 43.3 Å². The molecule has 3 rings (SSSR count). The lowest BCUT2D eigenvalue weighted by Crippen LogP contribution is -2.17. The number of rotatable bonds is 5. The van der Waals surface area contributed by atoms with Crippen molar-refractivity contribution in [1.82, 2.24) is 10.4 Å². The van der Waals surface area contributed by atoms with Crippen LogP contribution in [0.25, 0.3) is 10.9 Å². The van der Waals surface area contributed by atoms with Crippen LogP contribution in [0.15, 0.2) is 53.6 Å². The Hall–Kier alpha value is -3.28. The van der Waals surface area contributed by atoms with E-state index >= 15 is 0 Å². The van der Waals surface area contributed by atoms with E-state index in [9.17, 15) is 9.90 Å². The van der Waals surface area contributed by atoms with E-state index in [1.165, 1.54) is 6.21 Å². The maximum absolute atomic E-state index is 12.2. The van der Waals surface area contributed by atoms with Crippen LogP contribution in [0.1, 0.15) is 23.0 Å². The molecule has 6 heteroatoms. The smallest absolute Gasteiger partial charge is 0.287 e. The van der Waals surface area contributed by atoms with Crippen molar-refractivity contribution in [3.8, 4) is 11.5 Å². The number of carbonyl (C=O) groups is 1. The van der Waals surface area contributed by atoms with Crippen molar-refractivity contribution < 1.29 is 14.6 Å². The molecule has 0 spiro atoms. The van der Waals surface area contributed by atoms with Crippen LogP contribution < -0.4 is 10.2 Å². The average molecular weight is 323 g/mol. The van der Waals surface area contributed by atoms with E-state index in [2.05, 4.69) is 15.5 Å². The van der Waals surface area contributed by atoms with Gasteiger partial charge in [-0.15, -0.1) is 0 Å². The molecule has 0 fully saturated rings. The molecule has 0 saturated carbocycles. The number of nitrogens with zero attached hydrogens (tertiary/aromatic N) is 1. The number of ether oxygens (including phenoxy) is 1. The second kappa shape index (κ2) is 6.87. The number of carbonyl (C=O) groups excluding carboxylic acids is 1. The first kappa shape index (κ1) is 15.6. The number of H-pyrrole nitrogens is 1. The third-order valence-corrected chi connectivity index (χ3v) is 3.45. The van der Waals surface area contributed by atoms with Crippen LogP contribution in [0.3, 0.4) is 0 Å². The number of benzene rings is 2. The first-order valence-electron chi connectivity index (χ1n) is 7.54. The lowest BCUT2D eigenvalue weighted by Gasteiger charge is -2.01. The van der Waals surface area contributed by atoms with Gasteiger partial charge < -0.3 is 14.8 Å². The van der Waals surface area contributed by atoms with Crippen molar-refractivity contribution in [1.29, 1.82) is 0 Å². The predicted molar refractivity (Wildman–Crippen MR) is 92.6 cm³/mol. The van der Waals surface area contributed by atoms with Gasteiger partial charge >= 0.3 is 0 Å². The average Bonchev–Trinajstić information content (AvgIpc) is 3.00. The van der Waals surface area contributed by atoms with Gasteiger partial charge in [-0.25, -0.2) is 5.43 Å². The number of phenols is 1. The molecule has 3 N–H and O–H groups in total. The number of para-hydroxylation sites is 1. The van der Waals surface area contributed by atoms with Crippen molar-refractivity contribution in [3.05, 3.63) is 59.8 Å². The molecule has 6 nitrogen and oxygen atoms in total. The van der Waals surface area contributed by atoms with Crippen LogP contribution in [0.2, 0.25) is 0 Å². The quantitative estimate of drug-likeness (QED) is 0.498. The molecule has 2 aromatic carbocycles. The minimum Gasteiger partial charge on any atom is -0.507 e. The molecule has 0 atom stereocenters. The molecule has 0 aliphatic rings. The number of aromatic amines is 1. The molecule has 3 aromatic rings. The number of amides is 1. The summed E-state index contributed by atoms with van der Waals surface area (Å²) in [5, 5.41) is 14.4. The third-order valence-electron chi connectivity index (χ3n) is 3.45. The molecule has 0 aliphatic heterocycles. The molecule has 1 amide bonds. The van der Waals surface area contributed by atoms with Crippen LogP contribution >= 0.6 is 0 Å². The SMILES string of the molecule is CCOc1ccc2[nH]c(C(=O)NN=Cc3ccccc3O)cc2c1. The number of nitrogens with one attached hydrogen (secondary N) is 2. The zero-order valence-electron chi connectivity index (χ0n) is 13.1. The van der Waals surface area contributed by atoms with E-state index in [0.29, 0.717) is 17.9 Å². The van der Waals surface area contributed by atoms with Crippen molar-refractivity contribution in [2.75, 3.05) is 6.61 Å². The lowest BCUT2D eigenvalue weighted by molar-refractivity contribution is 0.0951. The van der Waals surface area contributed by atoms with E-state index in [1.54, 1.807) is 30.3 Å². The monoisotopic (exact) mass is 323 g/mol. The van der Waals surface area contributed by atoms with E-state index in [4.69, 9.17) is 4.74 Å². The summed E-state index contributed by atoms with van der Waals surface area (Å²) in [6, 6.07) is 14.1. The molecular weight excluding hydrogens is 306 g/mol. The molecule has 1 heterocycles. The zero-order chi connectivity index (χ0) is 16.9. The second-order valence-electron chi connectivity index (χ2n) is 5.12. The van der Waals surface area contributed by atoms with Crippen molar-refractivity contribution in [2.24, 2.45) is 5.10 Å². The maximum Gasteiger partial charge on any atom is 0.287 e. The number of aromatic hydroxyl groups is 1. The first-order valence-corrected chi connectivity index (χ1v) is 7.54. The normalized spacial score (nSPS) is 11.0. The van der Waals surface area contributed by atoms with Crippen molar-refractivity contribution >= 4 is 23.0 Å². The number of hydrazone groups is 1. The van der Waals surface area contributed by atoms with E-state index in [0.717, 1.165) is 16.7 Å². The summed E-state index contributed by atoms with van der Waals surface area (Å²) in [5.74, 6) is 0.494. The summed E-state index contributed by atoms with van der Waals surface area (Å²) >= 11 is 0. The number of fused-ring (bicyclic) bond motifs is 1. The highest BCUT2D eigenvalue weighted by Crippen LogP contribution is 2.21. The Morgan fingerprint density at radius 2 is 2.12 bits per heavy atom. The first-order chi connectivity index (χ1) is 11.7. The van der Waals surface area contributed by atoms with Gasteiger partial charge in [0.2, 0.25) is 0 Å². The second-order valence-corrected chi connectivity index (χ2v) is 5.12. The number of hydrogen-bond donors (Lipinski definition) is 3. The molecule has 24 heavy (non-hydrogen) atoms. The van der Waals surface area contributed by atoms with E-state index in [1.807, 2.05) is 25.1 Å². The third kappa shape index (κ3) is 3.38. The molecule has 0 bridgehead atoms. The molecule has 122 valence electrons. The van der Waals surface area contributed by atoms with Crippen LogP contribution in [0.5, 0.6) is 11.5 Å². The van der Waals surface area contributed by atoms with Gasteiger partial charge in [0.1, 0.15) is 17.2 Å². The van der Waals surface area contributed by atoms with Gasteiger partial charge in [0.05, 0.1) is 12.8 Å². The highest BCUT2D eigenvalue weighted by Gasteiger charge is 2.09. The standard InChI is InChI=1S/C18H17N3O3/c1-2-24-14-7-8-15-13(9-14)10-16(20-15)18(23)21-19-11-12-5-3-4-6-17(12)22/h3-11,20,22H,2H2,1H3,(H,21,23). The van der Waals surface area contributed by atoms with Crippen LogP contribution in [0, 0.1) is 0 Å². The molecule has 0 saturated heterocycles. The predicted octanol–water partition coefficient (Wildman–Crippen LogP) is 3.04. The Bertz CT molecular complexity index is 899. The fourth-order valence-electron chi connectivity index (χ4n) is 2.31. The summed E-state index contributed by atoms with van der Waals surface area (Å²) in [4.78, 5) is 15.2. The number of hydrogen-bond acceptors (Lipinski definition) is 4. The molecule has 0 radical (unpaired) electrons. The van der Waals surface area contributed by atoms with Gasteiger partial charge in [0.25, 0.3) is 5.91 Å². The maximum atomic E-state index is 12.2. The Labute approximate surface area is 138 Å². The van der Waals surface area contributed by atoms with Crippen LogP contribution in [0.4, 0.5) is 0 Å². The summed E-state index contributed by atoms with van der Waals surface area (Å²) in [5.41, 5.74) is 4.19. The fraction of sp³-hybridized carbons (Fsp3) is 0.111. The van der Waals surface area contributed by atoms with Crippen LogP contribution in [-0.4, -0.2) is 28.8 Å². The minimum atomic E-state index is -0.365. The van der Waals surface area contributed by atoms with E-state index in [-0.39, 0.29) is 11.7 Å². The van der Waals surface area contributed by atoms with Gasteiger partial charge in [0, 0.05) is 16.5 Å². The number of aromatic nitrogens is 1. The Kier molecular flexibility index (Phi) is 4.47. The fourth-order valence-corrected chi connectivity index (χ4v) is 2.31. The summed E-state index contributed by atoms with van der Waals surface area (Å²) in [6.07, 6.45) is 1.39. The minimum absolute atomic E-state index is 0.101. The van der Waals surface area contributed by atoms with Gasteiger partial charge in [-0.1, -0.05) is 12.1 Å². The highest BCUT2D eigenvalue weighted by molar-refractivity contribution is 5.98. The van der Waals surface area contributed by atoms with Gasteiger partial charge in [0.15, 0.2) is 0 Å². The lowest BCUT2D eigenvalue weighted by atomic mass is 10.2. The Morgan fingerprint density at radius 1 is 1.29 bits per heavy atom. The molecular formula is C18H17N3O3. The molecule has 1 aromatic heterocycles. The Morgan fingerprint density at radius 3 is 2.92 bits per heavy atom. The van der Waals surface area contributed by atoms with Crippen molar-refractivity contribution in [3.63, 3.8) is 0 Å². The summed E-state index contributed by atoms with van der Waals surface area (Å²) in [6.45, 7) is 2.51. The van der Waals surface area contributed by atoms with Gasteiger partial charge in [-0.3, -0.25) is 4.79 Å². The Balaban J connectivity index is 1.73.